The number of halogens is 4. The molecule has 0 saturated heterocycles. The lowest BCUT2D eigenvalue weighted by Gasteiger charge is -2.10. The number of nitrogens with one attached hydrogen (secondary N) is 2. The first-order valence-corrected chi connectivity index (χ1v) is 7.21. The van der Waals surface area contributed by atoms with Gasteiger partial charge in [-0.1, -0.05) is 23.7 Å². The average molecular weight is 341 g/mol. The van der Waals surface area contributed by atoms with Gasteiger partial charge in [0, 0.05) is 19.2 Å². The number of fused-ring (bicyclic) bond motifs is 1. The van der Waals surface area contributed by atoms with Crippen molar-refractivity contribution in [2.24, 2.45) is 0 Å². The predicted molar refractivity (Wildman–Crippen MR) is 82.5 cm³/mol. The quantitative estimate of drug-likeness (QED) is 0.745. The maximum atomic E-state index is 12.5. The fraction of sp³-hybridized carbons (Fsp3) is 0.200. The zero-order valence-corrected chi connectivity index (χ0v) is 12.5. The number of aromatic nitrogens is 3. The monoisotopic (exact) mass is 340 g/mol. The number of imidazole rings is 1. The van der Waals surface area contributed by atoms with Crippen molar-refractivity contribution in [2.75, 3.05) is 11.9 Å². The molecule has 0 spiro atoms. The Labute approximate surface area is 134 Å². The van der Waals surface area contributed by atoms with Crippen LogP contribution in [-0.4, -0.2) is 21.5 Å². The second-order valence-corrected chi connectivity index (χ2v) is 5.34. The maximum absolute atomic E-state index is 12.5. The molecule has 3 rings (SSSR count). The maximum Gasteiger partial charge on any atom is 0.417 e. The molecule has 0 saturated carbocycles. The minimum atomic E-state index is -4.45. The Morgan fingerprint density at radius 3 is 2.70 bits per heavy atom. The van der Waals surface area contributed by atoms with E-state index in [2.05, 4.69) is 20.3 Å². The Kier molecular flexibility index (Phi) is 4.12. The lowest BCUT2D eigenvalue weighted by Crippen LogP contribution is -2.10. The van der Waals surface area contributed by atoms with Gasteiger partial charge in [-0.05, 0) is 18.2 Å². The van der Waals surface area contributed by atoms with Gasteiger partial charge in [-0.25, -0.2) is 9.97 Å². The minimum absolute atomic E-state index is 0.0653. The van der Waals surface area contributed by atoms with Crippen molar-refractivity contribution in [3.63, 3.8) is 0 Å². The first-order valence-electron chi connectivity index (χ1n) is 6.84. The Hall–Kier alpha value is -2.28. The highest BCUT2D eigenvalue weighted by molar-refractivity contribution is 6.32. The Morgan fingerprint density at radius 1 is 1.22 bits per heavy atom. The third-order valence-electron chi connectivity index (χ3n) is 3.26. The first-order chi connectivity index (χ1) is 10.9. The number of hydrogen-bond donors (Lipinski definition) is 2. The smallest absolute Gasteiger partial charge is 0.368 e. The van der Waals surface area contributed by atoms with Crippen molar-refractivity contribution >= 4 is 28.5 Å². The van der Waals surface area contributed by atoms with Crippen LogP contribution < -0.4 is 5.32 Å². The van der Waals surface area contributed by atoms with Crippen molar-refractivity contribution < 1.29 is 13.2 Å². The molecule has 0 aliphatic rings. The van der Waals surface area contributed by atoms with Gasteiger partial charge in [0.2, 0.25) is 0 Å². The van der Waals surface area contributed by atoms with Crippen molar-refractivity contribution in [1.82, 2.24) is 15.0 Å². The average Bonchev–Trinajstić information content (AvgIpc) is 2.90. The predicted octanol–water partition coefficient (Wildman–Crippen LogP) is 4.28. The normalized spacial score (nSPS) is 11.8. The molecule has 0 aliphatic carbocycles. The number of benzene rings is 1. The number of rotatable bonds is 4. The van der Waals surface area contributed by atoms with Gasteiger partial charge in [0.1, 0.15) is 11.6 Å². The van der Waals surface area contributed by atoms with E-state index in [0.29, 0.717) is 13.0 Å². The molecular formula is C15H12ClF3N4. The van der Waals surface area contributed by atoms with Crippen LogP contribution in [0.25, 0.3) is 11.0 Å². The molecule has 0 bridgehead atoms. The number of nitrogens with zero attached hydrogens (tertiary/aromatic N) is 2. The molecule has 0 amide bonds. The van der Waals surface area contributed by atoms with Crippen LogP contribution >= 0.6 is 11.6 Å². The van der Waals surface area contributed by atoms with Crippen LogP contribution in [-0.2, 0) is 12.6 Å². The highest BCUT2D eigenvalue weighted by Crippen LogP contribution is 2.32. The number of hydrogen-bond acceptors (Lipinski definition) is 3. The fourth-order valence-electron chi connectivity index (χ4n) is 2.15. The lowest BCUT2D eigenvalue weighted by molar-refractivity contribution is -0.137. The molecule has 8 heteroatoms. The molecule has 4 nitrogen and oxygen atoms in total. The second-order valence-electron chi connectivity index (χ2n) is 4.93. The van der Waals surface area contributed by atoms with Gasteiger partial charge in [-0.15, -0.1) is 0 Å². The third-order valence-corrected chi connectivity index (χ3v) is 3.55. The van der Waals surface area contributed by atoms with Gasteiger partial charge in [0.05, 0.1) is 21.6 Å². The molecular weight excluding hydrogens is 329 g/mol. The zero-order chi connectivity index (χ0) is 16.4. The van der Waals surface area contributed by atoms with Crippen molar-refractivity contribution in [1.29, 1.82) is 0 Å². The standard InChI is InChI=1S/C15H12ClF3N4/c16-10-7-9(15(17,18)19)8-21-14(10)20-6-5-13-22-11-3-1-2-4-12(11)23-13/h1-4,7-8H,5-6H2,(H,20,21)(H,22,23). The van der Waals surface area contributed by atoms with E-state index in [4.69, 9.17) is 11.6 Å². The summed E-state index contributed by atoms with van der Waals surface area (Å²) in [4.78, 5) is 11.3. The molecule has 2 aromatic heterocycles. The first kappa shape index (κ1) is 15.6. The van der Waals surface area contributed by atoms with E-state index in [9.17, 15) is 13.2 Å². The van der Waals surface area contributed by atoms with Gasteiger partial charge >= 0.3 is 6.18 Å². The summed E-state index contributed by atoms with van der Waals surface area (Å²) in [6.45, 7) is 0.442. The van der Waals surface area contributed by atoms with Gasteiger partial charge in [0.15, 0.2) is 0 Å². The molecule has 0 aliphatic heterocycles. The van der Waals surface area contributed by atoms with E-state index in [1.807, 2.05) is 24.3 Å². The zero-order valence-electron chi connectivity index (χ0n) is 11.8. The van der Waals surface area contributed by atoms with Crippen molar-refractivity contribution in [2.45, 2.75) is 12.6 Å². The fourth-order valence-corrected chi connectivity index (χ4v) is 2.38. The molecule has 0 atom stereocenters. The molecule has 1 aromatic carbocycles. The topological polar surface area (TPSA) is 53.6 Å². The number of pyridine rings is 1. The molecule has 2 N–H and O–H groups in total. The van der Waals surface area contributed by atoms with Crippen molar-refractivity contribution in [3.05, 3.63) is 52.9 Å². The number of para-hydroxylation sites is 2. The second kappa shape index (κ2) is 6.08. The summed E-state index contributed by atoms with van der Waals surface area (Å²) in [6.07, 6.45) is -3.13. The summed E-state index contributed by atoms with van der Waals surface area (Å²) in [7, 11) is 0. The summed E-state index contributed by atoms with van der Waals surface area (Å²) in [5.41, 5.74) is 0.937. The highest BCUT2D eigenvalue weighted by Gasteiger charge is 2.31. The lowest BCUT2D eigenvalue weighted by atomic mass is 10.2. The summed E-state index contributed by atoms with van der Waals surface area (Å²) in [6, 6.07) is 8.49. The highest BCUT2D eigenvalue weighted by atomic mass is 35.5. The summed E-state index contributed by atoms with van der Waals surface area (Å²) < 4.78 is 37.6. The Bertz CT molecular complexity index is 796. The molecule has 3 aromatic rings. The van der Waals surface area contributed by atoms with Crippen LogP contribution in [0.1, 0.15) is 11.4 Å². The number of H-pyrrole nitrogens is 1. The summed E-state index contributed by atoms with van der Waals surface area (Å²) >= 11 is 5.83. The van der Waals surface area contributed by atoms with E-state index in [0.717, 1.165) is 29.1 Å². The van der Waals surface area contributed by atoms with E-state index >= 15 is 0 Å². The number of aromatic amines is 1. The third kappa shape index (κ3) is 3.56. The number of alkyl halides is 3. The van der Waals surface area contributed by atoms with E-state index in [1.165, 1.54) is 0 Å². The van der Waals surface area contributed by atoms with Gasteiger partial charge in [-0.3, -0.25) is 0 Å². The minimum Gasteiger partial charge on any atom is -0.368 e. The SMILES string of the molecule is FC(F)(F)c1cnc(NCCc2nc3ccccc3[nH]2)c(Cl)c1. The molecule has 23 heavy (non-hydrogen) atoms. The van der Waals surface area contributed by atoms with E-state index < -0.39 is 11.7 Å². The molecule has 0 unspecified atom stereocenters. The summed E-state index contributed by atoms with van der Waals surface area (Å²) in [5, 5.41) is 2.85. The van der Waals surface area contributed by atoms with Crippen LogP contribution in [0.4, 0.5) is 19.0 Å². The summed E-state index contributed by atoms with van der Waals surface area (Å²) in [5.74, 6) is 0.998. The largest absolute Gasteiger partial charge is 0.417 e. The van der Waals surface area contributed by atoms with Crippen LogP contribution in [0.5, 0.6) is 0 Å². The molecule has 0 radical (unpaired) electrons. The van der Waals surface area contributed by atoms with E-state index in [1.54, 1.807) is 0 Å². The van der Waals surface area contributed by atoms with Crippen LogP contribution in [0, 0.1) is 0 Å². The van der Waals surface area contributed by atoms with Gasteiger partial charge in [-0.2, -0.15) is 13.2 Å². The van der Waals surface area contributed by atoms with Gasteiger partial charge < -0.3 is 10.3 Å². The van der Waals surface area contributed by atoms with Crippen LogP contribution in [0.15, 0.2) is 36.5 Å². The number of anilines is 1. The van der Waals surface area contributed by atoms with Crippen LogP contribution in [0.2, 0.25) is 5.02 Å². The van der Waals surface area contributed by atoms with Crippen LogP contribution in [0.3, 0.4) is 0 Å². The van der Waals surface area contributed by atoms with E-state index in [-0.39, 0.29) is 10.8 Å². The van der Waals surface area contributed by atoms with Gasteiger partial charge in [0.25, 0.3) is 0 Å². The Balaban J connectivity index is 1.64. The molecule has 120 valence electrons. The van der Waals surface area contributed by atoms with Crippen molar-refractivity contribution in [3.8, 4) is 0 Å². The molecule has 0 fully saturated rings. The Morgan fingerprint density at radius 2 is 2.00 bits per heavy atom. The molecule has 2 heterocycles.